The number of nitrogens with one attached hydrogen (secondary N) is 3. The molecular weight excluding hydrogens is 498 g/mol. The lowest BCUT2D eigenvalue weighted by atomic mass is 9.98. The first kappa shape index (κ1) is 29.2. The maximum Gasteiger partial charge on any atom is 0.358 e. The van der Waals surface area contributed by atoms with Gasteiger partial charge in [-0.15, -0.1) is 0 Å². The van der Waals surface area contributed by atoms with E-state index >= 15 is 0 Å². The van der Waals surface area contributed by atoms with Gasteiger partial charge in [-0.25, -0.2) is 14.8 Å². The smallest absolute Gasteiger partial charge is 0.358 e. The summed E-state index contributed by atoms with van der Waals surface area (Å²) in [5.74, 6) is -1.84. The van der Waals surface area contributed by atoms with Gasteiger partial charge in [0.05, 0.1) is 29.9 Å². The second-order valence-corrected chi connectivity index (χ2v) is 9.80. The Morgan fingerprint density at radius 1 is 0.821 bits per heavy atom. The summed E-state index contributed by atoms with van der Waals surface area (Å²) in [6.45, 7) is 6.86. The van der Waals surface area contributed by atoms with Crippen molar-refractivity contribution in [1.82, 2.24) is 25.9 Å². The van der Waals surface area contributed by atoms with Crippen LogP contribution in [-0.2, 0) is 25.5 Å². The van der Waals surface area contributed by atoms with Gasteiger partial charge in [0.2, 0.25) is 17.7 Å². The van der Waals surface area contributed by atoms with E-state index in [9.17, 15) is 19.2 Å². The molecule has 2 aromatic carbocycles. The van der Waals surface area contributed by atoms with E-state index in [0.29, 0.717) is 23.1 Å². The zero-order chi connectivity index (χ0) is 28.5. The van der Waals surface area contributed by atoms with Crippen LogP contribution in [0.3, 0.4) is 0 Å². The third-order valence-electron chi connectivity index (χ3n) is 6.06. The van der Waals surface area contributed by atoms with Gasteiger partial charge in [0, 0.05) is 13.3 Å². The largest absolute Gasteiger partial charge is 0.464 e. The molecule has 1 heterocycles. The molecule has 0 aliphatic rings. The van der Waals surface area contributed by atoms with Crippen LogP contribution in [0.25, 0.3) is 11.0 Å². The molecular formula is C29H35N5O5. The van der Waals surface area contributed by atoms with Crippen LogP contribution in [0.2, 0.25) is 0 Å². The number of fused-ring (bicyclic) bond motifs is 1. The van der Waals surface area contributed by atoms with Crippen molar-refractivity contribution in [3.05, 3.63) is 71.5 Å². The van der Waals surface area contributed by atoms with E-state index in [1.54, 1.807) is 25.1 Å². The number of carbonyl (C=O) groups is 4. The molecule has 0 aliphatic carbocycles. The van der Waals surface area contributed by atoms with Crippen LogP contribution in [-0.4, -0.2) is 52.9 Å². The van der Waals surface area contributed by atoms with Crippen molar-refractivity contribution in [2.45, 2.75) is 58.7 Å². The van der Waals surface area contributed by atoms with E-state index < -0.39 is 35.9 Å². The quantitative estimate of drug-likeness (QED) is 0.322. The van der Waals surface area contributed by atoms with Crippen molar-refractivity contribution < 1.29 is 23.9 Å². The third kappa shape index (κ3) is 8.07. The minimum atomic E-state index is -0.936. The Kier molecular flexibility index (Phi) is 10.1. The molecule has 0 bridgehead atoms. The maximum absolute atomic E-state index is 13.3. The van der Waals surface area contributed by atoms with Gasteiger partial charge in [-0.2, -0.15) is 0 Å². The predicted octanol–water partition coefficient (Wildman–Crippen LogP) is 2.87. The van der Waals surface area contributed by atoms with Crippen LogP contribution in [0.4, 0.5) is 0 Å². The summed E-state index contributed by atoms with van der Waals surface area (Å²) in [6, 6.07) is 13.9. The van der Waals surface area contributed by atoms with E-state index in [4.69, 9.17) is 4.74 Å². The first-order chi connectivity index (χ1) is 18.6. The molecule has 3 atom stereocenters. The lowest BCUT2D eigenvalue weighted by molar-refractivity contribution is -0.131. The predicted molar refractivity (Wildman–Crippen MR) is 147 cm³/mol. The lowest BCUT2D eigenvalue weighted by Crippen LogP contribution is -2.53. The van der Waals surface area contributed by atoms with Crippen LogP contribution in [0.15, 0.2) is 54.6 Å². The number of rotatable bonds is 11. The van der Waals surface area contributed by atoms with E-state index in [1.165, 1.54) is 14.0 Å². The van der Waals surface area contributed by atoms with Gasteiger partial charge in [0.15, 0.2) is 5.69 Å². The van der Waals surface area contributed by atoms with Gasteiger partial charge in [-0.05, 0) is 37.0 Å². The van der Waals surface area contributed by atoms with E-state index in [-0.39, 0.29) is 23.9 Å². The second kappa shape index (κ2) is 13.5. The Labute approximate surface area is 227 Å². The maximum atomic E-state index is 13.3. The summed E-state index contributed by atoms with van der Waals surface area (Å²) in [6.07, 6.45) is 0.734. The summed E-state index contributed by atoms with van der Waals surface area (Å²) < 4.78 is 4.95. The number of carbonyl (C=O) groups excluding carboxylic acids is 4. The standard InChI is InChI=1S/C29H35N5O5/c1-17(2)15-23(25-26(29(38)39-5)33-22-14-10-9-13-21(22)32-25)34-27(36)18(3)30-28(37)24(31-19(4)35)16-20-11-7-6-8-12-20/h6-14,17-18,23-24H,15-16H2,1-5H3,(H,30,37)(H,31,35)(H,34,36)/t18-,23-,24-/m0/s1. The van der Waals surface area contributed by atoms with Crippen molar-refractivity contribution in [2.75, 3.05) is 7.11 Å². The Morgan fingerprint density at radius 3 is 2.03 bits per heavy atom. The molecule has 0 unspecified atom stereocenters. The van der Waals surface area contributed by atoms with Crippen LogP contribution >= 0.6 is 0 Å². The van der Waals surface area contributed by atoms with Gasteiger partial charge in [0.1, 0.15) is 12.1 Å². The van der Waals surface area contributed by atoms with Crippen molar-refractivity contribution in [2.24, 2.45) is 5.92 Å². The fourth-order valence-corrected chi connectivity index (χ4v) is 4.19. The van der Waals surface area contributed by atoms with Crippen LogP contribution in [0.5, 0.6) is 0 Å². The molecule has 0 saturated carbocycles. The molecule has 0 fully saturated rings. The zero-order valence-corrected chi connectivity index (χ0v) is 22.9. The lowest BCUT2D eigenvalue weighted by Gasteiger charge is -2.25. The first-order valence-electron chi connectivity index (χ1n) is 12.9. The molecule has 39 heavy (non-hydrogen) atoms. The molecule has 0 saturated heterocycles. The number of benzene rings is 2. The van der Waals surface area contributed by atoms with Gasteiger partial charge < -0.3 is 20.7 Å². The molecule has 0 aliphatic heterocycles. The molecule has 3 rings (SSSR count). The molecule has 10 nitrogen and oxygen atoms in total. The van der Waals surface area contributed by atoms with Crippen LogP contribution < -0.4 is 16.0 Å². The highest BCUT2D eigenvalue weighted by atomic mass is 16.5. The average Bonchev–Trinajstić information content (AvgIpc) is 2.91. The number of aromatic nitrogens is 2. The number of hydrogen-bond donors (Lipinski definition) is 3. The van der Waals surface area contributed by atoms with Crippen molar-refractivity contribution in [1.29, 1.82) is 0 Å². The molecule has 3 aromatic rings. The molecule has 0 spiro atoms. The number of para-hydroxylation sites is 2. The molecule has 3 N–H and O–H groups in total. The molecule has 1 aromatic heterocycles. The Hall–Kier alpha value is -4.34. The topological polar surface area (TPSA) is 139 Å². The molecule has 10 heteroatoms. The van der Waals surface area contributed by atoms with E-state index in [0.717, 1.165) is 5.56 Å². The fraction of sp³-hybridized carbons (Fsp3) is 0.379. The minimum absolute atomic E-state index is 0.0208. The first-order valence-corrected chi connectivity index (χ1v) is 12.9. The summed E-state index contributed by atoms with van der Waals surface area (Å²) in [5, 5.41) is 8.29. The monoisotopic (exact) mass is 533 g/mol. The molecule has 0 radical (unpaired) electrons. The summed E-state index contributed by atoms with van der Waals surface area (Å²) in [7, 11) is 1.26. The molecule has 206 valence electrons. The van der Waals surface area contributed by atoms with Crippen molar-refractivity contribution in [3.63, 3.8) is 0 Å². The van der Waals surface area contributed by atoms with Gasteiger partial charge in [0.25, 0.3) is 0 Å². The Morgan fingerprint density at radius 2 is 1.44 bits per heavy atom. The third-order valence-corrected chi connectivity index (χ3v) is 6.06. The Balaban J connectivity index is 1.83. The highest BCUT2D eigenvalue weighted by molar-refractivity contribution is 5.93. The SMILES string of the molecule is COC(=O)c1nc2ccccc2nc1[C@H](CC(C)C)NC(=O)[C@H](C)NC(=O)[C@H](Cc1ccccc1)NC(C)=O. The Bertz CT molecular complexity index is 1330. The summed E-state index contributed by atoms with van der Waals surface area (Å²) >= 11 is 0. The fourth-order valence-electron chi connectivity index (χ4n) is 4.19. The second-order valence-electron chi connectivity index (χ2n) is 9.80. The summed E-state index contributed by atoms with van der Waals surface area (Å²) in [5.41, 5.74) is 2.28. The highest BCUT2D eigenvalue weighted by Crippen LogP contribution is 2.25. The normalized spacial score (nSPS) is 13.3. The van der Waals surface area contributed by atoms with Crippen LogP contribution in [0, 0.1) is 5.92 Å². The van der Waals surface area contributed by atoms with Crippen molar-refractivity contribution >= 4 is 34.7 Å². The highest BCUT2D eigenvalue weighted by Gasteiger charge is 2.29. The van der Waals surface area contributed by atoms with Crippen molar-refractivity contribution in [3.8, 4) is 0 Å². The van der Waals surface area contributed by atoms with E-state index in [2.05, 4.69) is 25.9 Å². The average molecular weight is 534 g/mol. The molecule has 3 amide bonds. The number of ether oxygens (including phenoxy) is 1. The number of nitrogens with zero attached hydrogens (tertiary/aromatic N) is 2. The number of amides is 3. The summed E-state index contributed by atoms with van der Waals surface area (Å²) in [4.78, 5) is 59.9. The van der Waals surface area contributed by atoms with Gasteiger partial charge in [-0.3, -0.25) is 14.4 Å². The zero-order valence-electron chi connectivity index (χ0n) is 22.9. The minimum Gasteiger partial charge on any atom is -0.464 e. The van der Waals surface area contributed by atoms with E-state index in [1.807, 2.05) is 50.2 Å². The van der Waals surface area contributed by atoms with Crippen LogP contribution in [0.1, 0.15) is 61.9 Å². The van der Waals surface area contributed by atoms with Gasteiger partial charge in [-0.1, -0.05) is 56.3 Å². The number of methoxy groups -OCH3 is 1. The number of hydrogen-bond acceptors (Lipinski definition) is 7. The number of esters is 1. The van der Waals surface area contributed by atoms with Gasteiger partial charge >= 0.3 is 5.97 Å².